The van der Waals surface area contributed by atoms with Crippen molar-refractivity contribution in [1.29, 1.82) is 0 Å². The summed E-state index contributed by atoms with van der Waals surface area (Å²) in [7, 11) is 0. The number of hydrogen-bond acceptors (Lipinski definition) is 4. The van der Waals surface area contributed by atoms with Crippen LogP contribution in [0.1, 0.15) is 26.7 Å². The van der Waals surface area contributed by atoms with E-state index in [0.29, 0.717) is 13.1 Å². The van der Waals surface area contributed by atoms with Crippen molar-refractivity contribution in [3.63, 3.8) is 0 Å². The van der Waals surface area contributed by atoms with Crippen LogP contribution in [-0.4, -0.2) is 68.1 Å². The minimum atomic E-state index is 0.150. The van der Waals surface area contributed by atoms with Gasteiger partial charge >= 0.3 is 0 Å². The Balaban J connectivity index is 2.31. The van der Waals surface area contributed by atoms with E-state index in [0.717, 1.165) is 52.1 Å². The van der Waals surface area contributed by atoms with Crippen LogP contribution in [0.25, 0.3) is 0 Å². The molecule has 1 fully saturated rings. The third kappa shape index (κ3) is 5.89. The van der Waals surface area contributed by atoms with Gasteiger partial charge in [-0.3, -0.25) is 4.79 Å². The van der Waals surface area contributed by atoms with Gasteiger partial charge in [0.25, 0.3) is 0 Å². The first-order chi connectivity index (χ1) is 9.21. The van der Waals surface area contributed by atoms with Gasteiger partial charge in [-0.15, -0.1) is 0 Å². The number of nitrogens with zero attached hydrogens (tertiary/aromatic N) is 2. The topological polar surface area (TPSA) is 61.6 Å². The molecule has 1 aliphatic heterocycles. The Morgan fingerprint density at radius 2 is 2.16 bits per heavy atom. The van der Waals surface area contributed by atoms with E-state index in [1.54, 1.807) is 0 Å². The molecule has 1 rings (SSSR count). The van der Waals surface area contributed by atoms with Gasteiger partial charge in [-0.1, -0.05) is 13.8 Å². The van der Waals surface area contributed by atoms with Gasteiger partial charge in [0.1, 0.15) is 0 Å². The van der Waals surface area contributed by atoms with Gasteiger partial charge in [-0.25, -0.2) is 0 Å². The fourth-order valence-corrected chi connectivity index (χ4v) is 2.64. The highest BCUT2D eigenvalue weighted by molar-refractivity contribution is 5.78. The number of carbonyl (C=O) groups is 1. The van der Waals surface area contributed by atoms with E-state index in [1.165, 1.54) is 0 Å². The zero-order chi connectivity index (χ0) is 14.1. The van der Waals surface area contributed by atoms with Crippen molar-refractivity contribution >= 4 is 5.91 Å². The molecule has 0 spiro atoms. The Labute approximate surface area is 117 Å². The molecule has 1 heterocycles. The van der Waals surface area contributed by atoms with Crippen molar-refractivity contribution in [1.82, 2.24) is 15.1 Å². The van der Waals surface area contributed by atoms with Gasteiger partial charge in [0, 0.05) is 32.7 Å². The molecule has 19 heavy (non-hydrogen) atoms. The van der Waals surface area contributed by atoms with Crippen LogP contribution in [-0.2, 0) is 4.79 Å². The van der Waals surface area contributed by atoms with Crippen LogP contribution in [0.15, 0.2) is 0 Å². The molecule has 1 saturated heterocycles. The smallest absolute Gasteiger partial charge is 0.224 e. The Hall–Kier alpha value is -0.650. The van der Waals surface area contributed by atoms with Crippen LogP contribution in [0.2, 0.25) is 0 Å². The number of nitrogens with one attached hydrogen (secondary N) is 1. The molecule has 0 saturated carbocycles. The van der Waals surface area contributed by atoms with Gasteiger partial charge in [0.05, 0.1) is 5.92 Å². The number of rotatable bonds is 8. The van der Waals surface area contributed by atoms with Crippen molar-refractivity contribution in [2.75, 3.05) is 52.4 Å². The summed E-state index contributed by atoms with van der Waals surface area (Å²) in [5.41, 5.74) is 5.41. The molecular formula is C14H30N4O. The lowest BCUT2D eigenvalue weighted by atomic mass is 9.97. The SMILES string of the molecule is CCN(CC)CCN1CCCC(C(=O)NCCN)C1. The summed E-state index contributed by atoms with van der Waals surface area (Å²) in [4.78, 5) is 16.8. The lowest BCUT2D eigenvalue weighted by Crippen LogP contribution is -2.46. The maximum atomic E-state index is 11.9. The molecule has 0 bridgehead atoms. The second kappa shape index (κ2) is 9.28. The molecule has 1 unspecified atom stereocenters. The molecule has 1 amide bonds. The number of piperidine rings is 1. The van der Waals surface area contributed by atoms with Gasteiger partial charge in [-0.2, -0.15) is 0 Å². The highest BCUT2D eigenvalue weighted by Gasteiger charge is 2.25. The van der Waals surface area contributed by atoms with Gasteiger partial charge in [-0.05, 0) is 32.5 Å². The third-order valence-electron chi connectivity index (χ3n) is 3.95. The molecule has 5 heteroatoms. The Kier molecular flexibility index (Phi) is 8.02. The minimum absolute atomic E-state index is 0.150. The molecule has 3 N–H and O–H groups in total. The maximum absolute atomic E-state index is 11.9. The molecule has 0 aromatic heterocycles. The molecule has 0 aliphatic carbocycles. The summed E-state index contributed by atoms with van der Waals surface area (Å²) in [6.45, 7) is 11.9. The number of nitrogens with two attached hydrogens (primary N) is 1. The molecule has 0 aromatic carbocycles. The number of likely N-dealkylation sites (tertiary alicyclic amines) is 1. The van der Waals surface area contributed by atoms with Crippen molar-refractivity contribution in [2.24, 2.45) is 11.7 Å². The predicted molar refractivity (Wildman–Crippen MR) is 79.0 cm³/mol. The summed E-state index contributed by atoms with van der Waals surface area (Å²) in [6.07, 6.45) is 2.14. The van der Waals surface area contributed by atoms with Gasteiger partial charge in [0.15, 0.2) is 0 Å². The fraction of sp³-hybridized carbons (Fsp3) is 0.929. The minimum Gasteiger partial charge on any atom is -0.355 e. The van der Waals surface area contributed by atoms with Crippen LogP contribution in [0, 0.1) is 5.92 Å². The largest absolute Gasteiger partial charge is 0.355 e. The molecule has 5 nitrogen and oxygen atoms in total. The van der Waals surface area contributed by atoms with Crippen LogP contribution < -0.4 is 11.1 Å². The lowest BCUT2D eigenvalue weighted by molar-refractivity contribution is -0.126. The summed E-state index contributed by atoms with van der Waals surface area (Å²) in [6, 6.07) is 0. The van der Waals surface area contributed by atoms with E-state index < -0.39 is 0 Å². The zero-order valence-corrected chi connectivity index (χ0v) is 12.5. The fourth-order valence-electron chi connectivity index (χ4n) is 2.64. The Bertz CT molecular complexity index is 256. The molecule has 112 valence electrons. The highest BCUT2D eigenvalue weighted by atomic mass is 16.1. The van der Waals surface area contributed by atoms with Crippen molar-refractivity contribution in [3.05, 3.63) is 0 Å². The first-order valence-electron chi connectivity index (χ1n) is 7.63. The number of likely N-dealkylation sites (N-methyl/N-ethyl adjacent to an activating group) is 1. The first kappa shape index (κ1) is 16.4. The molecule has 0 radical (unpaired) electrons. The molecule has 1 aliphatic rings. The molecule has 1 atom stereocenters. The highest BCUT2D eigenvalue weighted by Crippen LogP contribution is 2.16. The average molecular weight is 270 g/mol. The van der Waals surface area contributed by atoms with E-state index in [4.69, 9.17) is 5.73 Å². The van der Waals surface area contributed by atoms with Crippen molar-refractivity contribution in [2.45, 2.75) is 26.7 Å². The lowest BCUT2D eigenvalue weighted by Gasteiger charge is -2.33. The summed E-state index contributed by atoms with van der Waals surface area (Å²) in [5, 5.41) is 2.91. The predicted octanol–water partition coefficient (Wildman–Crippen LogP) is 0.115. The van der Waals surface area contributed by atoms with E-state index >= 15 is 0 Å². The van der Waals surface area contributed by atoms with E-state index in [1.807, 2.05) is 0 Å². The average Bonchev–Trinajstić information content (AvgIpc) is 2.46. The molecule has 0 aromatic rings. The summed E-state index contributed by atoms with van der Waals surface area (Å²) >= 11 is 0. The third-order valence-corrected chi connectivity index (χ3v) is 3.95. The first-order valence-corrected chi connectivity index (χ1v) is 7.63. The van der Waals surface area contributed by atoms with E-state index in [9.17, 15) is 4.79 Å². The second-order valence-electron chi connectivity index (χ2n) is 5.25. The molecular weight excluding hydrogens is 240 g/mol. The Morgan fingerprint density at radius 1 is 1.42 bits per heavy atom. The normalized spacial score (nSPS) is 20.7. The summed E-state index contributed by atoms with van der Waals surface area (Å²) in [5.74, 6) is 0.329. The van der Waals surface area contributed by atoms with E-state index in [-0.39, 0.29) is 11.8 Å². The van der Waals surface area contributed by atoms with Gasteiger partial charge in [0.2, 0.25) is 5.91 Å². The number of amides is 1. The number of carbonyl (C=O) groups excluding carboxylic acids is 1. The summed E-state index contributed by atoms with van der Waals surface area (Å²) < 4.78 is 0. The van der Waals surface area contributed by atoms with Gasteiger partial charge < -0.3 is 20.9 Å². The van der Waals surface area contributed by atoms with Crippen LogP contribution in [0.4, 0.5) is 0 Å². The van der Waals surface area contributed by atoms with E-state index in [2.05, 4.69) is 29.0 Å². The standard InChI is InChI=1S/C14H30N4O/c1-3-17(4-2)10-11-18-9-5-6-13(12-18)14(19)16-8-7-15/h13H,3-12,15H2,1-2H3,(H,16,19). The Morgan fingerprint density at radius 3 is 2.79 bits per heavy atom. The number of hydrogen-bond donors (Lipinski definition) is 2. The quantitative estimate of drug-likeness (QED) is 0.657. The van der Waals surface area contributed by atoms with Crippen LogP contribution >= 0.6 is 0 Å². The monoisotopic (exact) mass is 270 g/mol. The van der Waals surface area contributed by atoms with Crippen molar-refractivity contribution in [3.8, 4) is 0 Å². The second-order valence-corrected chi connectivity index (χ2v) is 5.25. The zero-order valence-electron chi connectivity index (χ0n) is 12.5. The van der Waals surface area contributed by atoms with Crippen LogP contribution in [0.5, 0.6) is 0 Å². The maximum Gasteiger partial charge on any atom is 0.224 e. The van der Waals surface area contributed by atoms with Crippen molar-refractivity contribution < 1.29 is 4.79 Å². The van der Waals surface area contributed by atoms with Crippen LogP contribution in [0.3, 0.4) is 0 Å².